The molecule has 9 nitrogen and oxygen atoms in total. The molecule has 0 saturated carbocycles. The van der Waals surface area contributed by atoms with Crippen LogP contribution < -0.4 is 9.21 Å². The van der Waals surface area contributed by atoms with Crippen molar-refractivity contribution in [3.63, 3.8) is 0 Å². The minimum atomic E-state index is -3.82. The van der Waals surface area contributed by atoms with E-state index in [4.69, 9.17) is 0 Å². The maximum absolute atomic E-state index is 13.2. The van der Waals surface area contributed by atoms with Gasteiger partial charge in [-0.25, -0.2) is 14.4 Å². The molecule has 2 saturated heterocycles. The number of rotatable bonds is 5. The molecule has 2 aromatic rings. The molecule has 1 amide bonds. The average molecular weight is 463 g/mol. The van der Waals surface area contributed by atoms with E-state index in [1.165, 1.54) is 35.6 Å². The van der Waals surface area contributed by atoms with Gasteiger partial charge >= 0.3 is 10.2 Å². The molecule has 0 spiro atoms. The van der Waals surface area contributed by atoms with E-state index in [0.29, 0.717) is 57.2 Å². The van der Waals surface area contributed by atoms with Crippen LogP contribution in [0.2, 0.25) is 0 Å². The molecule has 1 aromatic carbocycles. The van der Waals surface area contributed by atoms with Crippen LogP contribution in [0.3, 0.4) is 0 Å². The zero-order valence-electron chi connectivity index (χ0n) is 18.0. The number of nitrogens with zero attached hydrogens (tertiary/aromatic N) is 6. The highest BCUT2D eigenvalue weighted by molar-refractivity contribution is 7.90. The Balaban J connectivity index is 1.38. The topological polar surface area (TPSA) is 90.0 Å². The number of carbonyl (C=O) groups is 1. The Morgan fingerprint density at radius 1 is 1.06 bits per heavy atom. The predicted molar refractivity (Wildman–Crippen MR) is 119 cm³/mol. The first kappa shape index (κ1) is 22.4. The number of anilines is 2. The molecular formula is C21H27FN6O3S. The molecule has 32 heavy (non-hydrogen) atoms. The molecule has 1 atom stereocenters. The molecule has 11 heteroatoms. The standard InChI is InChI=1S/C21H27FN6O3S/c1-25(19-7-5-18(22)6-8-19)32(30,31)28-11-2-4-17(16-28)20(29)26-12-14-27(15-13-26)21-23-9-3-10-24-21/h3,5-10,17H,2,4,11-16H2,1H3/t17-/m1/s1. The number of carbonyl (C=O) groups excluding carboxylic acids is 1. The van der Waals surface area contributed by atoms with Gasteiger partial charge in [0.25, 0.3) is 0 Å². The van der Waals surface area contributed by atoms with Gasteiger partial charge in [0.15, 0.2) is 0 Å². The Bertz CT molecular complexity index is 1030. The van der Waals surface area contributed by atoms with Crippen LogP contribution in [-0.2, 0) is 15.0 Å². The second kappa shape index (κ2) is 9.37. The van der Waals surface area contributed by atoms with Crippen molar-refractivity contribution in [1.82, 2.24) is 19.2 Å². The molecule has 0 bridgehead atoms. The lowest BCUT2D eigenvalue weighted by Crippen LogP contribution is -2.54. The van der Waals surface area contributed by atoms with Crippen LogP contribution in [0.15, 0.2) is 42.7 Å². The van der Waals surface area contributed by atoms with Gasteiger partial charge in [-0.15, -0.1) is 0 Å². The number of halogens is 1. The van der Waals surface area contributed by atoms with Crippen molar-refractivity contribution in [2.24, 2.45) is 5.92 Å². The summed E-state index contributed by atoms with van der Waals surface area (Å²) >= 11 is 0. The van der Waals surface area contributed by atoms with Crippen LogP contribution in [0.25, 0.3) is 0 Å². The summed E-state index contributed by atoms with van der Waals surface area (Å²) in [5.41, 5.74) is 0.374. The zero-order valence-corrected chi connectivity index (χ0v) is 18.8. The number of hydrogen-bond acceptors (Lipinski definition) is 6. The van der Waals surface area contributed by atoms with E-state index in [-0.39, 0.29) is 18.4 Å². The molecule has 0 unspecified atom stereocenters. The third kappa shape index (κ3) is 4.68. The van der Waals surface area contributed by atoms with Gasteiger partial charge in [0.1, 0.15) is 5.82 Å². The van der Waals surface area contributed by atoms with Gasteiger partial charge in [-0.05, 0) is 43.2 Å². The van der Waals surface area contributed by atoms with E-state index in [0.717, 1.165) is 4.31 Å². The minimum Gasteiger partial charge on any atom is -0.339 e. The Morgan fingerprint density at radius 2 is 1.72 bits per heavy atom. The predicted octanol–water partition coefficient (Wildman–Crippen LogP) is 1.36. The number of piperidine rings is 1. The van der Waals surface area contributed by atoms with Crippen molar-refractivity contribution >= 4 is 27.8 Å². The van der Waals surface area contributed by atoms with E-state index in [1.54, 1.807) is 18.5 Å². The third-order valence-electron chi connectivity index (χ3n) is 6.02. The number of piperazine rings is 1. The van der Waals surface area contributed by atoms with Gasteiger partial charge in [0, 0.05) is 58.7 Å². The zero-order chi connectivity index (χ0) is 22.7. The average Bonchev–Trinajstić information content (AvgIpc) is 2.84. The highest BCUT2D eigenvalue weighted by Gasteiger charge is 2.37. The quantitative estimate of drug-likeness (QED) is 0.667. The summed E-state index contributed by atoms with van der Waals surface area (Å²) in [6, 6.07) is 7.07. The van der Waals surface area contributed by atoms with E-state index < -0.39 is 16.0 Å². The van der Waals surface area contributed by atoms with Gasteiger partial charge in [0.05, 0.1) is 11.6 Å². The van der Waals surface area contributed by atoms with Crippen molar-refractivity contribution < 1.29 is 17.6 Å². The molecule has 2 fully saturated rings. The second-order valence-corrected chi connectivity index (χ2v) is 9.97. The summed E-state index contributed by atoms with van der Waals surface area (Å²) in [5.74, 6) is -0.164. The largest absolute Gasteiger partial charge is 0.339 e. The van der Waals surface area contributed by atoms with E-state index in [1.807, 2.05) is 9.80 Å². The first-order valence-electron chi connectivity index (χ1n) is 10.7. The van der Waals surface area contributed by atoms with Crippen LogP contribution in [0.4, 0.5) is 16.0 Å². The van der Waals surface area contributed by atoms with Crippen molar-refractivity contribution in [2.75, 3.05) is 55.5 Å². The van der Waals surface area contributed by atoms with Gasteiger partial charge < -0.3 is 9.80 Å². The van der Waals surface area contributed by atoms with E-state index in [2.05, 4.69) is 9.97 Å². The van der Waals surface area contributed by atoms with Crippen LogP contribution in [0.1, 0.15) is 12.8 Å². The molecular weight excluding hydrogens is 435 g/mol. The van der Waals surface area contributed by atoms with Gasteiger partial charge in [-0.3, -0.25) is 9.10 Å². The van der Waals surface area contributed by atoms with E-state index in [9.17, 15) is 17.6 Å². The summed E-state index contributed by atoms with van der Waals surface area (Å²) in [6.45, 7) is 2.88. The molecule has 3 heterocycles. The highest BCUT2D eigenvalue weighted by atomic mass is 32.2. The Morgan fingerprint density at radius 3 is 2.38 bits per heavy atom. The fourth-order valence-electron chi connectivity index (χ4n) is 4.15. The minimum absolute atomic E-state index is 0.0111. The number of hydrogen-bond donors (Lipinski definition) is 0. The molecule has 1 aromatic heterocycles. The van der Waals surface area contributed by atoms with Crippen LogP contribution in [0, 0.1) is 11.7 Å². The SMILES string of the molecule is CN(c1ccc(F)cc1)S(=O)(=O)N1CCC[C@@H](C(=O)N2CCN(c3ncccn3)CC2)C1. The highest BCUT2D eigenvalue weighted by Crippen LogP contribution is 2.26. The number of aromatic nitrogens is 2. The fourth-order valence-corrected chi connectivity index (χ4v) is 5.61. The second-order valence-electron chi connectivity index (χ2n) is 8.01. The molecule has 2 aliphatic rings. The monoisotopic (exact) mass is 462 g/mol. The Labute approximate surface area is 187 Å². The van der Waals surface area contributed by atoms with Crippen LogP contribution in [0.5, 0.6) is 0 Å². The van der Waals surface area contributed by atoms with Crippen molar-refractivity contribution in [3.8, 4) is 0 Å². The first-order valence-corrected chi connectivity index (χ1v) is 12.1. The van der Waals surface area contributed by atoms with Gasteiger partial charge in [0.2, 0.25) is 11.9 Å². The molecule has 0 radical (unpaired) electrons. The van der Waals surface area contributed by atoms with Gasteiger partial charge in [-0.2, -0.15) is 12.7 Å². The summed E-state index contributed by atoms with van der Waals surface area (Å²) < 4.78 is 42.0. The lowest BCUT2D eigenvalue weighted by atomic mass is 9.98. The summed E-state index contributed by atoms with van der Waals surface area (Å²) in [6.07, 6.45) is 4.66. The number of amides is 1. The lowest BCUT2D eigenvalue weighted by molar-refractivity contribution is -0.137. The first-order chi connectivity index (χ1) is 15.4. The van der Waals surface area contributed by atoms with Gasteiger partial charge in [-0.1, -0.05) is 0 Å². The molecule has 2 aliphatic heterocycles. The Kier molecular flexibility index (Phi) is 6.56. The normalized spacial score (nSPS) is 20.2. The molecule has 172 valence electrons. The molecule has 0 N–H and O–H groups in total. The molecule has 4 rings (SSSR count). The van der Waals surface area contributed by atoms with Crippen molar-refractivity contribution in [1.29, 1.82) is 0 Å². The van der Waals surface area contributed by atoms with Crippen LogP contribution in [-0.4, -0.2) is 79.8 Å². The molecule has 0 aliphatic carbocycles. The Hall–Kier alpha value is -2.79. The van der Waals surface area contributed by atoms with Crippen molar-refractivity contribution in [2.45, 2.75) is 12.8 Å². The summed E-state index contributed by atoms with van der Waals surface area (Å²) in [5, 5.41) is 0. The number of benzene rings is 1. The summed E-state index contributed by atoms with van der Waals surface area (Å²) in [4.78, 5) is 25.5. The van der Waals surface area contributed by atoms with E-state index >= 15 is 0 Å². The maximum atomic E-state index is 13.2. The summed E-state index contributed by atoms with van der Waals surface area (Å²) in [7, 11) is -2.38. The fraction of sp³-hybridized carbons (Fsp3) is 0.476. The maximum Gasteiger partial charge on any atom is 0.303 e. The smallest absolute Gasteiger partial charge is 0.303 e. The van der Waals surface area contributed by atoms with Crippen LogP contribution >= 0.6 is 0 Å². The third-order valence-corrected chi connectivity index (χ3v) is 7.91. The van der Waals surface area contributed by atoms with Crippen molar-refractivity contribution in [3.05, 3.63) is 48.5 Å². The lowest BCUT2D eigenvalue weighted by Gasteiger charge is -2.39.